The topological polar surface area (TPSA) is 55.0 Å². The molecule has 0 amide bonds. The van der Waals surface area contributed by atoms with Gasteiger partial charge in [-0.3, -0.25) is 4.79 Å². The van der Waals surface area contributed by atoms with Gasteiger partial charge in [-0.25, -0.2) is 5.10 Å². The van der Waals surface area contributed by atoms with E-state index in [1.807, 2.05) is 0 Å². The van der Waals surface area contributed by atoms with Gasteiger partial charge in [0, 0.05) is 5.56 Å². The van der Waals surface area contributed by atoms with Crippen LogP contribution in [-0.2, 0) is 5.92 Å². The Balaban J connectivity index is 2.66. The first kappa shape index (κ1) is 19.7. The highest BCUT2D eigenvalue weighted by molar-refractivity contribution is 5.67. The molecule has 0 aliphatic carbocycles. The molecule has 0 spiro atoms. The van der Waals surface area contributed by atoms with Crippen molar-refractivity contribution in [2.45, 2.75) is 24.9 Å². The number of hydrogen-bond acceptors (Lipinski definition) is 3. The van der Waals surface area contributed by atoms with E-state index in [0.29, 0.717) is 11.9 Å². The van der Waals surface area contributed by atoms with Crippen molar-refractivity contribution in [2.24, 2.45) is 0 Å². The summed E-state index contributed by atoms with van der Waals surface area (Å²) in [5.41, 5.74) is -4.95. The van der Waals surface area contributed by atoms with Gasteiger partial charge < -0.3 is 4.74 Å². The standard InChI is InChI=1S/C15H11F7N2O2/c1-2-26-9-5-3-8(4-6-9)10-7-23-24-12(25)11(10)13(16,17)14(18,19)15(20,21)22/h3-7H,2H2,1H3,(H,24,25). The third kappa shape index (κ3) is 3.25. The van der Waals surface area contributed by atoms with Crippen molar-refractivity contribution in [3.05, 3.63) is 46.4 Å². The highest BCUT2D eigenvalue weighted by atomic mass is 19.4. The summed E-state index contributed by atoms with van der Waals surface area (Å²) >= 11 is 0. The van der Waals surface area contributed by atoms with E-state index in [1.54, 1.807) is 6.92 Å². The number of nitrogens with one attached hydrogen (secondary N) is 1. The van der Waals surface area contributed by atoms with Gasteiger partial charge in [-0.2, -0.15) is 35.8 Å². The first-order valence-corrected chi connectivity index (χ1v) is 7.07. The molecule has 0 unspecified atom stereocenters. The molecule has 11 heteroatoms. The Morgan fingerprint density at radius 3 is 2.12 bits per heavy atom. The molecule has 0 saturated heterocycles. The predicted octanol–water partition coefficient (Wildman–Crippen LogP) is 4.13. The van der Waals surface area contributed by atoms with Crippen LogP contribution in [0.3, 0.4) is 0 Å². The second-order valence-electron chi connectivity index (χ2n) is 5.09. The third-order valence-corrected chi connectivity index (χ3v) is 3.40. The number of halogens is 7. The van der Waals surface area contributed by atoms with E-state index in [4.69, 9.17) is 4.74 Å². The highest BCUT2D eigenvalue weighted by Crippen LogP contribution is 2.52. The lowest BCUT2D eigenvalue weighted by atomic mass is 9.95. The van der Waals surface area contributed by atoms with Crippen molar-refractivity contribution in [1.29, 1.82) is 0 Å². The van der Waals surface area contributed by atoms with Gasteiger partial charge in [0.15, 0.2) is 0 Å². The summed E-state index contributed by atoms with van der Waals surface area (Å²) in [4.78, 5) is 11.7. The number of H-pyrrole nitrogens is 1. The van der Waals surface area contributed by atoms with Crippen LogP contribution in [-0.4, -0.2) is 28.9 Å². The van der Waals surface area contributed by atoms with Crippen molar-refractivity contribution < 1.29 is 35.5 Å². The Bertz CT molecular complexity index is 829. The van der Waals surface area contributed by atoms with E-state index in [9.17, 15) is 35.5 Å². The molecule has 142 valence electrons. The Morgan fingerprint density at radius 2 is 1.62 bits per heavy atom. The van der Waals surface area contributed by atoms with Gasteiger partial charge >= 0.3 is 18.0 Å². The fraction of sp³-hybridized carbons (Fsp3) is 0.333. The first-order valence-electron chi connectivity index (χ1n) is 7.07. The summed E-state index contributed by atoms with van der Waals surface area (Å²) in [7, 11) is 0. The van der Waals surface area contributed by atoms with Crippen molar-refractivity contribution in [2.75, 3.05) is 6.61 Å². The molecular weight excluding hydrogens is 373 g/mol. The quantitative estimate of drug-likeness (QED) is 0.789. The normalized spacial score (nSPS) is 12.9. The molecule has 0 aliphatic rings. The number of benzene rings is 1. The summed E-state index contributed by atoms with van der Waals surface area (Å²) in [6.45, 7) is 1.96. The number of alkyl halides is 7. The zero-order valence-corrected chi connectivity index (χ0v) is 13.0. The molecule has 1 aromatic heterocycles. The molecular formula is C15H11F7N2O2. The molecule has 0 radical (unpaired) electrons. The molecule has 26 heavy (non-hydrogen) atoms. The van der Waals surface area contributed by atoms with Crippen LogP contribution in [0.2, 0.25) is 0 Å². The average Bonchev–Trinajstić information content (AvgIpc) is 2.54. The van der Waals surface area contributed by atoms with Crippen LogP contribution in [0.15, 0.2) is 35.3 Å². The lowest BCUT2D eigenvalue weighted by Crippen LogP contribution is -2.52. The van der Waals surface area contributed by atoms with Gasteiger partial charge in [-0.15, -0.1) is 0 Å². The zero-order valence-electron chi connectivity index (χ0n) is 13.0. The first-order chi connectivity index (χ1) is 11.9. The monoisotopic (exact) mass is 384 g/mol. The molecule has 0 saturated carbocycles. The summed E-state index contributed by atoms with van der Waals surface area (Å²) in [6, 6.07) is 4.83. The van der Waals surface area contributed by atoms with Crippen molar-refractivity contribution >= 4 is 0 Å². The van der Waals surface area contributed by atoms with Crippen molar-refractivity contribution in [3.8, 4) is 16.9 Å². The minimum atomic E-state index is -6.57. The van der Waals surface area contributed by atoms with E-state index in [1.165, 1.54) is 17.2 Å². The molecule has 4 nitrogen and oxygen atoms in total. The maximum Gasteiger partial charge on any atom is 0.460 e. The molecule has 1 N–H and O–H groups in total. The molecule has 1 heterocycles. The lowest BCUT2D eigenvalue weighted by Gasteiger charge is -2.28. The lowest BCUT2D eigenvalue weighted by molar-refractivity contribution is -0.359. The largest absolute Gasteiger partial charge is 0.494 e. The van der Waals surface area contributed by atoms with E-state index in [2.05, 4.69) is 5.10 Å². The van der Waals surface area contributed by atoms with Crippen LogP contribution >= 0.6 is 0 Å². The molecule has 0 atom stereocenters. The maximum atomic E-state index is 14.1. The summed E-state index contributed by atoms with van der Waals surface area (Å²) in [5, 5.41) is 4.67. The van der Waals surface area contributed by atoms with Crippen molar-refractivity contribution in [1.82, 2.24) is 10.2 Å². The molecule has 2 aromatic rings. The van der Waals surface area contributed by atoms with Gasteiger partial charge in [0.1, 0.15) is 11.3 Å². The maximum absolute atomic E-state index is 14.1. The van der Waals surface area contributed by atoms with E-state index < -0.39 is 34.7 Å². The predicted molar refractivity (Wildman–Crippen MR) is 76.4 cm³/mol. The van der Waals surface area contributed by atoms with Gasteiger partial charge in [-0.05, 0) is 24.6 Å². The minimum absolute atomic E-state index is 0.209. The molecule has 0 bridgehead atoms. The Kier molecular flexibility index (Phi) is 5.02. The second kappa shape index (κ2) is 6.61. The van der Waals surface area contributed by atoms with Crippen LogP contribution in [0.25, 0.3) is 11.1 Å². The van der Waals surface area contributed by atoms with Gasteiger partial charge in [0.25, 0.3) is 5.56 Å². The summed E-state index contributed by atoms with van der Waals surface area (Å²) < 4.78 is 97.4. The van der Waals surface area contributed by atoms with E-state index in [0.717, 1.165) is 12.1 Å². The highest BCUT2D eigenvalue weighted by Gasteiger charge is 2.74. The van der Waals surface area contributed by atoms with Crippen LogP contribution < -0.4 is 10.3 Å². The number of ether oxygens (including phenoxy) is 1. The second-order valence-corrected chi connectivity index (χ2v) is 5.09. The Morgan fingerprint density at radius 1 is 1.04 bits per heavy atom. The Hall–Kier alpha value is -2.59. The SMILES string of the molecule is CCOc1ccc(-c2cn[nH]c(=O)c2C(F)(F)C(F)(F)C(F)(F)F)cc1. The van der Waals surface area contributed by atoms with Gasteiger partial charge in [0.05, 0.1) is 12.8 Å². The smallest absolute Gasteiger partial charge is 0.460 e. The van der Waals surface area contributed by atoms with E-state index >= 15 is 0 Å². The number of aromatic amines is 1. The van der Waals surface area contributed by atoms with Crippen LogP contribution in [0.1, 0.15) is 12.5 Å². The molecule has 0 aliphatic heterocycles. The average molecular weight is 384 g/mol. The minimum Gasteiger partial charge on any atom is -0.494 e. The zero-order chi connectivity index (χ0) is 19.8. The fourth-order valence-corrected chi connectivity index (χ4v) is 2.16. The van der Waals surface area contributed by atoms with Crippen LogP contribution in [0.5, 0.6) is 5.75 Å². The molecule has 1 aromatic carbocycles. The summed E-state index contributed by atoms with van der Waals surface area (Å²) in [6.07, 6.45) is -5.99. The van der Waals surface area contributed by atoms with E-state index in [-0.39, 0.29) is 12.2 Å². The van der Waals surface area contributed by atoms with Gasteiger partial charge in [-0.1, -0.05) is 12.1 Å². The number of rotatable bonds is 5. The van der Waals surface area contributed by atoms with Crippen molar-refractivity contribution in [3.63, 3.8) is 0 Å². The van der Waals surface area contributed by atoms with Gasteiger partial charge in [0.2, 0.25) is 0 Å². The van der Waals surface area contributed by atoms with Crippen LogP contribution in [0.4, 0.5) is 30.7 Å². The fourth-order valence-electron chi connectivity index (χ4n) is 2.16. The van der Waals surface area contributed by atoms with Crippen LogP contribution in [0, 0.1) is 0 Å². The molecule has 2 rings (SSSR count). The third-order valence-electron chi connectivity index (χ3n) is 3.40. The number of hydrogen-bond donors (Lipinski definition) is 1. The number of aromatic nitrogens is 2. The number of nitrogens with zero attached hydrogens (tertiary/aromatic N) is 1. The molecule has 0 fully saturated rings. The Labute approximate surface area is 141 Å². The summed E-state index contributed by atoms with van der Waals surface area (Å²) in [5.74, 6) is -12.0.